The van der Waals surface area contributed by atoms with E-state index in [-0.39, 0.29) is 11.8 Å². The van der Waals surface area contributed by atoms with Gasteiger partial charge in [0.2, 0.25) is 0 Å². The maximum atomic E-state index is 12.1. The van der Waals surface area contributed by atoms with Crippen molar-refractivity contribution in [2.75, 3.05) is 5.73 Å². The van der Waals surface area contributed by atoms with Crippen molar-refractivity contribution in [1.82, 2.24) is 5.43 Å². The molecule has 2 aromatic carbocycles. The van der Waals surface area contributed by atoms with E-state index in [2.05, 4.69) is 10.5 Å². The highest BCUT2D eigenvalue weighted by Gasteiger charge is 2.06. The lowest BCUT2D eigenvalue weighted by Crippen LogP contribution is -2.17. The predicted octanol–water partition coefficient (Wildman–Crippen LogP) is 3.42. The number of anilines is 1. The monoisotopic (exact) mass is 321 g/mol. The van der Waals surface area contributed by atoms with E-state index in [1.54, 1.807) is 36.4 Å². The lowest BCUT2D eigenvalue weighted by molar-refractivity contribution is 0.0955. The number of nitrogen functional groups attached to an aromatic ring is 1. The zero-order valence-corrected chi connectivity index (χ0v) is 12.7. The Kier molecular flexibility index (Phi) is 4.57. The number of benzene rings is 2. The predicted molar refractivity (Wildman–Crippen MR) is 91.1 cm³/mol. The first-order chi connectivity index (χ1) is 11.7. The van der Waals surface area contributed by atoms with Gasteiger partial charge in [-0.05, 0) is 36.4 Å². The first-order valence-corrected chi connectivity index (χ1v) is 7.22. The van der Waals surface area contributed by atoms with E-state index >= 15 is 0 Å². The number of furan rings is 1. The van der Waals surface area contributed by atoms with E-state index in [0.717, 1.165) is 0 Å². The third-order valence-corrected chi connectivity index (χ3v) is 3.08. The number of hydrogen-bond acceptors (Lipinski definition) is 5. The van der Waals surface area contributed by atoms with Crippen LogP contribution in [-0.4, -0.2) is 12.1 Å². The van der Waals surface area contributed by atoms with E-state index in [4.69, 9.17) is 14.9 Å². The van der Waals surface area contributed by atoms with E-state index in [1.807, 2.05) is 30.3 Å². The van der Waals surface area contributed by atoms with Crippen LogP contribution in [0, 0.1) is 0 Å². The Hall–Kier alpha value is -3.54. The van der Waals surface area contributed by atoms with E-state index < -0.39 is 0 Å². The fourth-order valence-corrected chi connectivity index (χ4v) is 1.98. The summed E-state index contributed by atoms with van der Waals surface area (Å²) >= 11 is 0. The first kappa shape index (κ1) is 15.4. The van der Waals surface area contributed by atoms with Gasteiger partial charge < -0.3 is 14.9 Å². The molecule has 120 valence electrons. The lowest BCUT2D eigenvalue weighted by Gasteiger charge is -2.06. The topological polar surface area (TPSA) is 89.8 Å². The molecular formula is C18H15N3O3. The molecule has 1 heterocycles. The van der Waals surface area contributed by atoms with Crippen LogP contribution in [-0.2, 0) is 0 Å². The number of ether oxygens (including phenoxy) is 1. The van der Waals surface area contributed by atoms with Crippen LogP contribution in [0.3, 0.4) is 0 Å². The minimum absolute atomic E-state index is 0.286. The van der Waals surface area contributed by atoms with E-state index in [9.17, 15) is 4.79 Å². The van der Waals surface area contributed by atoms with Crippen LogP contribution >= 0.6 is 0 Å². The molecule has 6 heteroatoms. The second-order valence-corrected chi connectivity index (χ2v) is 4.88. The third kappa shape index (κ3) is 4.01. The maximum absolute atomic E-state index is 12.1. The number of carbonyl (C=O) groups is 1. The number of nitrogens with zero attached hydrogens (tertiary/aromatic N) is 1. The molecule has 1 aromatic heterocycles. The van der Waals surface area contributed by atoms with Gasteiger partial charge in [0.05, 0.1) is 6.21 Å². The number of nitrogens with two attached hydrogens (primary N) is 1. The van der Waals surface area contributed by atoms with Gasteiger partial charge >= 0.3 is 0 Å². The molecule has 0 aliphatic carbocycles. The summed E-state index contributed by atoms with van der Waals surface area (Å²) in [6, 6.07) is 19.4. The average Bonchev–Trinajstić information content (AvgIpc) is 3.01. The van der Waals surface area contributed by atoms with Gasteiger partial charge in [0.1, 0.15) is 17.3 Å². The summed E-state index contributed by atoms with van der Waals surface area (Å²) in [6.45, 7) is 0. The Balaban J connectivity index is 1.64. The smallest absolute Gasteiger partial charge is 0.271 e. The number of para-hydroxylation sites is 1. The maximum Gasteiger partial charge on any atom is 0.271 e. The number of rotatable bonds is 5. The van der Waals surface area contributed by atoms with Gasteiger partial charge in [0, 0.05) is 11.6 Å². The number of nitrogens with one attached hydrogen (secondary N) is 1. The number of hydrogen-bond donors (Lipinski definition) is 2. The molecule has 0 unspecified atom stereocenters. The summed E-state index contributed by atoms with van der Waals surface area (Å²) in [4.78, 5) is 12.1. The average molecular weight is 321 g/mol. The highest BCUT2D eigenvalue weighted by Crippen LogP contribution is 2.21. The summed E-state index contributed by atoms with van der Waals surface area (Å²) in [5, 5.41) is 3.83. The molecule has 24 heavy (non-hydrogen) atoms. The van der Waals surface area contributed by atoms with Crippen molar-refractivity contribution >= 4 is 18.0 Å². The minimum Gasteiger partial charge on any atom is -0.457 e. The lowest BCUT2D eigenvalue weighted by atomic mass is 10.2. The van der Waals surface area contributed by atoms with Crippen molar-refractivity contribution in [3.8, 4) is 11.5 Å². The molecule has 0 aliphatic heterocycles. The minimum atomic E-state index is -0.357. The molecule has 0 saturated heterocycles. The second-order valence-electron chi connectivity index (χ2n) is 4.88. The SMILES string of the molecule is Nc1ccc(/C=N/NC(=O)c2cccc(Oc3ccccc3)c2)o1. The van der Waals surface area contributed by atoms with Gasteiger partial charge in [-0.15, -0.1) is 0 Å². The molecule has 0 fully saturated rings. The van der Waals surface area contributed by atoms with Gasteiger partial charge in [-0.2, -0.15) is 5.10 Å². The largest absolute Gasteiger partial charge is 0.457 e. The van der Waals surface area contributed by atoms with Crippen LogP contribution in [0.4, 0.5) is 5.88 Å². The van der Waals surface area contributed by atoms with Crippen molar-refractivity contribution in [2.24, 2.45) is 5.10 Å². The van der Waals surface area contributed by atoms with E-state index in [0.29, 0.717) is 22.8 Å². The third-order valence-electron chi connectivity index (χ3n) is 3.08. The van der Waals surface area contributed by atoms with Crippen LogP contribution in [0.5, 0.6) is 11.5 Å². The molecule has 0 aliphatic rings. The summed E-state index contributed by atoms with van der Waals surface area (Å²) < 4.78 is 10.8. The molecule has 3 rings (SSSR count). The molecule has 6 nitrogen and oxygen atoms in total. The fraction of sp³-hybridized carbons (Fsp3) is 0. The van der Waals surface area contributed by atoms with Crippen LogP contribution in [0.2, 0.25) is 0 Å². The normalized spacial score (nSPS) is 10.7. The van der Waals surface area contributed by atoms with Crippen molar-refractivity contribution in [1.29, 1.82) is 0 Å². The van der Waals surface area contributed by atoms with Crippen LogP contribution in [0.15, 0.2) is 76.2 Å². The zero-order valence-electron chi connectivity index (χ0n) is 12.7. The molecule has 0 spiro atoms. The highest BCUT2D eigenvalue weighted by atomic mass is 16.5. The first-order valence-electron chi connectivity index (χ1n) is 7.22. The molecule has 3 aromatic rings. The van der Waals surface area contributed by atoms with Crippen LogP contribution in [0.1, 0.15) is 16.1 Å². The van der Waals surface area contributed by atoms with E-state index in [1.165, 1.54) is 6.21 Å². The quantitative estimate of drug-likeness (QED) is 0.556. The van der Waals surface area contributed by atoms with Gasteiger partial charge in [0.25, 0.3) is 5.91 Å². The Morgan fingerprint density at radius 3 is 2.58 bits per heavy atom. The Labute approximate surface area is 138 Å². The molecule has 1 amide bonds. The fourth-order valence-electron chi connectivity index (χ4n) is 1.98. The highest BCUT2D eigenvalue weighted by molar-refractivity contribution is 5.95. The summed E-state index contributed by atoms with van der Waals surface area (Å²) in [6.07, 6.45) is 1.37. The van der Waals surface area contributed by atoms with Gasteiger partial charge in [-0.3, -0.25) is 4.79 Å². The van der Waals surface area contributed by atoms with Crippen molar-refractivity contribution < 1.29 is 13.9 Å². The zero-order chi connectivity index (χ0) is 16.8. The molecule has 3 N–H and O–H groups in total. The number of amides is 1. The number of hydrazone groups is 1. The van der Waals surface area contributed by atoms with Crippen molar-refractivity contribution in [3.63, 3.8) is 0 Å². The Morgan fingerprint density at radius 1 is 1.04 bits per heavy atom. The Bertz CT molecular complexity index is 857. The van der Waals surface area contributed by atoms with Crippen LogP contribution in [0.25, 0.3) is 0 Å². The van der Waals surface area contributed by atoms with Gasteiger partial charge in [-0.1, -0.05) is 24.3 Å². The second kappa shape index (κ2) is 7.15. The van der Waals surface area contributed by atoms with Crippen LogP contribution < -0.4 is 15.9 Å². The number of carbonyl (C=O) groups excluding carboxylic acids is 1. The van der Waals surface area contributed by atoms with Gasteiger partial charge in [-0.25, -0.2) is 5.43 Å². The standard InChI is InChI=1S/C18H15N3O3/c19-17-10-9-16(24-17)12-20-21-18(22)13-5-4-8-15(11-13)23-14-6-2-1-3-7-14/h1-12H,19H2,(H,21,22)/b20-12+. The summed E-state index contributed by atoms with van der Waals surface area (Å²) in [5.74, 6) is 1.65. The molecule has 0 atom stereocenters. The summed E-state index contributed by atoms with van der Waals surface area (Å²) in [5.41, 5.74) is 8.30. The molecular weight excluding hydrogens is 306 g/mol. The van der Waals surface area contributed by atoms with Crippen molar-refractivity contribution in [3.05, 3.63) is 78.1 Å². The molecule has 0 saturated carbocycles. The van der Waals surface area contributed by atoms with Gasteiger partial charge in [0.15, 0.2) is 5.88 Å². The summed E-state index contributed by atoms with van der Waals surface area (Å²) in [7, 11) is 0. The van der Waals surface area contributed by atoms with Crippen molar-refractivity contribution in [2.45, 2.75) is 0 Å². The molecule has 0 bridgehead atoms. The molecule has 0 radical (unpaired) electrons. The Morgan fingerprint density at radius 2 is 1.83 bits per heavy atom.